The number of anilines is 1. The first-order valence-corrected chi connectivity index (χ1v) is 6.84. The zero-order chi connectivity index (χ0) is 17.7. The summed E-state index contributed by atoms with van der Waals surface area (Å²) in [4.78, 5) is 21.6. The number of nitrogens with zero attached hydrogens (tertiary/aromatic N) is 1. The van der Waals surface area contributed by atoms with Crippen molar-refractivity contribution in [1.82, 2.24) is 10.9 Å². The van der Waals surface area contributed by atoms with Gasteiger partial charge in [0.15, 0.2) is 5.11 Å². The molecular weight excluding hydrogens is 342 g/mol. The van der Waals surface area contributed by atoms with E-state index in [1.165, 1.54) is 24.3 Å². The van der Waals surface area contributed by atoms with E-state index in [2.05, 4.69) is 16.2 Å². The largest absolute Gasteiger partial charge is 0.331 e. The fraction of sp³-hybridized carbons (Fsp3) is 0. The fourth-order valence-corrected chi connectivity index (χ4v) is 1.84. The highest BCUT2D eigenvalue weighted by Crippen LogP contribution is 2.18. The van der Waals surface area contributed by atoms with Gasteiger partial charge in [0.05, 0.1) is 4.92 Å². The van der Waals surface area contributed by atoms with E-state index in [0.717, 1.165) is 18.2 Å². The summed E-state index contributed by atoms with van der Waals surface area (Å²) in [5.41, 5.74) is 4.13. The maximum absolute atomic E-state index is 13.2. The van der Waals surface area contributed by atoms with E-state index in [4.69, 9.17) is 12.2 Å². The summed E-state index contributed by atoms with van der Waals surface area (Å²) in [6.07, 6.45) is 0. The Labute approximate surface area is 139 Å². The van der Waals surface area contributed by atoms with Crippen LogP contribution in [-0.4, -0.2) is 15.9 Å². The molecule has 0 heterocycles. The Kier molecular flexibility index (Phi) is 5.32. The zero-order valence-corrected chi connectivity index (χ0v) is 12.7. The molecule has 0 unspecified atom stereocenters. The number of rotatable bonds is 3. The van der Waals surface area contributed by atoms with Crippen molar-refractivity contribution in [2.24, 2.45) is 0 Å². The Hall–Kier alpha value is -3.14. The van der Waals surface area contributed by atoms with E-state index in [1.807, 2.05) is 0 Å². The predicted octanol–water partition coefficient (Wildman–Crippen LogP) is 2.50. The minimum Gasteiger partial charge on any atom is -0.331 e. The number of hydrazine groups is 1. The molecule has 24 heavy (non-hydrogen) atoms. The van der Waals surface area contributed by atoms with Crippen molar-refractivity contribution in [2.45, 2.75) is 0 Å². The molecule has 3 N–H and O–H groups in total. The highest BCUT2D eigenvalue weighted by Gasteiger charge is 2.17. The molecule has 10 heteroatoms. The monoisotopic (exact) mass is 352 g/mol. The summed E-state index contributed by atoms with van der Waals surface area (Å²) < 4.78 is 26.0. The smallest absolute Gasteiger partial charge is 0.305 e. The highest BCUT2D eigenvalue weighted by molar-refractivity contribution is 7.80. The molecule has 2 aromatic rings. The van der Waals surface area contributed by atoms with Crippen LogP contribution in [-0.2, 0) is 0 Å². The molecule has 0 atom stereocenters. The van der Waals surface area contributed by atoms with Gasteiger partial charge < -0.3 is 5.32 Å². The summed E-state index contributed by atoms with van der Waals surface area (Å²) >= 11 is 4.93. The molecule has 0 spiro atoms. The van der Waals surface area contributed by atoms with E-state index >= 15 is 0 Å². The van der Waals surface area contributed by atoms with Crippen molar-refractivity contribution in [3.8, 4) is 0 Å². The second kappa shape index (κ2) is 7.42. The Morgan fingerprint density at radius 1 is 1.08 bits per heavy atom. The number of carbonyl (C=O) groups excluding carboxylic acids is 1. The number of nitro benzene ring substituents is 1. The average Bonchev–Trinajstić information content (AvgIpc) is 2.55. The Balaban J connectivity index is 1.95. The summed E-state index contributed by atoms with van der Waals surface area (Å²) in [5.74, 6) is -2.20. The number of hydrogen-bond donors (Lipinski definition) is 3. The predicted molar refractivity (Wildman–Crippen MR) is 86.3 cm³/mol. The van der Waals surface area contributed by atoms with Gasteiger partial charge >= 0.3 is 5.69 Å². The van der Waals surface area contributed by atoms with Crippen LogP contribution in [0.2, 0.25) is 0 Å². The molecule has 7 nitrogen and oxygen atoms in total. The normalized spacial score (nSPS) is 9.92. The molecule has 0 saturated carbocycles. The minimum absolute atomic E-state index is 0.00608. The van der Waals surface area contributed by atoms with Gasteiger partial charge in [0.25, 0.3) is 5.91 Å². The second-order valence-electron chi connectivity index (χ2n) is 4.46. The third-order valence-electron chi connectivity index (χ3n) is 2.80. The molecule has 0 aliphatic carbocycles. The topological polar surface area (TPSA) is 96.3 Å². The van der Waals surface area contributed by atoms with Gasteiger partial charge in [0, 0.05) is 17.3 Å². The van der Waals surface area contributed by atoms with Crippen LogP contribution in [0.5, 0.6) is 0 Å². The molecule has 0 bridgehead atoms. The van der Waals surface area contributed by atoms with Crippen molar-refractivity contribution >= 4 is 34.6 Å². The van der Waals surface area contributed by atoms with E-state index in [-0.39, 0.29) is 10.7 Å². The van der Waals surface area contributed by atoms with Gasteiger partial charge in [-0.3, -0.25) is 25.8 Å². The van der Waals surface area contributed by atoms with Crippen molar-refractivity contribution < 1.29 is 18.5 Å². The molecule has 0 saturated heterocycles. The Morgan fingerprint density at radius 2 is 1.75 bits per heavy atom. The van der Waals surface area contributed by atoms with Crippen LogP contribution in [0.25, 0.3) is 0 Å². The van der Waals surface area contributed by atoms with Crippen LogP contribution in [0.4, 0.5) is 20.2 Å². The third kappa shape index (κ3) is 4.43. The fourth-order valence-electron chi connectivity index (χ4n) is 1.68. The van der Waals surface area contributed by atoms with Crippen LogP contribution < -0.4 is 16.2 Å². The first-order valence-electron chi connectivity index (χ1n) is 6.43. The van der Waals surface area contributed by atoms with E-state index < -0.39 is 28.2 Å². The number of amides is 1. The van der Waals surface area contributed by atoms with Crippen LogP contribution in [0.15, 0.2) is 42.5 Å². The van der Waals surface area contributed by atoms with Crippen LogP contribution >= 0.6 is 12.2 Å². The van der Waals surface area contributed by atoms with Gasteiger partial charge in [-0.1, -0.05) is 0 Å². The Morgan fingerprint density at radius 3 is 2.38 bits per heavy atom. The number of thiocarbonyl (C=S) groups is 1. The maximum atomic E-state index is 13.2. The van der Waals surface area contributed by atoms with E-state index in [1.54, 1.807) is 0 Å². The quantitative estimate of drug-likeness (QED) is 0.446. The average molecular weight is 352 g/mol. The summed E-state index contributed by atoms with van der Waals surface area (Å²) in [6, 6.07) is 8.05. The Bertz CT molecular complexity index is 799. The number of hydrogen-bond acceptors (Lipinski definition) is 4. The molecule has 2 aromatic carbocycles. The summed E-state index contributed by atoms with van der Waals surface area (Å²) in [7, 11) is 0. The van der Waals surface area contributed by atoms with Crippen molar-refractivity contribution in [3.63, 3.8) is 0 Å². The SMILES string of the molecule is O=C(NNC(=S)Nc1ccc(F)cc1)c1ccc(F)c([N+](=O)[O-])c1. The van der Waals surface area contributed by atoms with Gasteiger partial charge in [-0.05, 0) is 48.6 Å². The molecule has 0 aromatic heterocycles. The first-order chi connectivity index (χ1) is 11.4. The second-order valence-corrected chi connectivity index (χ2v) is 4.87. The van der Waals surface area contributed by atoms with Crippen LogP contribution in [0, 0.1) is 21.7 Å². The van der Waals surface area contributed by atoms with Gasteiger partial charge in [-0.2, -0.15) is 4.39 Å². The minimum atomic E-state index is -1.04. The van der Waals surface area contributed by atoms with Crippen molar-refractivity contribution in [1.29, 1.82) is 0 Å². The lowest BCUT2D eigenvalue weighted by Crippen LogP contribution is -2.43. The molecule has 1 amide bonds. The van der Waals surface area contributed by atoms with Gasteiger partial charge in [-0.15, -0.1) is 0 Å². The van der Waals surface area contributed by atoms with Crippen molar-refractivity contribution in [3.05, 3.63) is 69.8 Å². The zero-order valence-electron chi connectivity index (χ0n) is 11.9. The van der Waals surface area contributed by atoms with E-state index in [9.17, 15) is 23.7 Å². The standard InChI is InChI=1S/C14H10F2N4O3S/c15-9-2-4-10(5-3-9)17-14(24)19-18-13(21)8-1-6-11(16)12(7-8)20(22)23/h1-7H,(H,18,21)(H2,17,19,24). The van der Waals surface area contributed by atoms with Gasteiger partial charge in [0.2, 0.25) is 5.82 Å². The third-order valence-corrected chi connectivity index (χ3v) is 3.00. The molecule has 0 radical (unpaired) electrons. The lowest BCUT2D eigenvalue weighted by molar-refractivity contribution is -0.387. The van der Waals surface area contributed by atoms with Crippen molar-refractivity contribution in [2.75, 3.05) is 5.32 Å². The molecule has 124 valence electrons. The number of nitro groups is 1. The number of benzene rings is 2. The number of carbonyl (C=O) groups is 1. The number of nitrogens with one attached hydrogen (secondary N) is 3. The number of halogens is 2. The van der Waals surface area contributed by atoms with E-state index in [0.29, 0.717) is 5.69 Å². The molecule has 0 fully saturated rings. The highest BCUT2D eigenvalue weighted by atomic mass is 32.1. The lowest BCUT2D eigenvalue weighted by atomic mass is 10.2. The van der Waals surface area contributed by atoms with Gasteiger partial charge in [0.1, 0.15) is 5.82 Å². The summed E-state index contributed by atoms with van der Waals surface area (Å²) in [6.45, 7) is 0. The van der Waals surface area contributed by atoms with Crippen LogP contribution in [0.1, 0.15) is 10.4 Å². The van der Waals surface area contributed by atoms with Crippen LogP contribution in [0.3, 0.4) is 0 Å². The lowest BCUT2D eigenvalue weighted by Gasteiger charge is -2.11. The molecule has 0 aliphatic rings. The molecule has 2 rings (SSSR count). The first kappa shape index (κ1) is 17.2. The summed E-state index contributed by atoms with van der Waals surface area (Å²) in [5, 5.41) is 13.3. The van der Waals surface area contributed by atoms with Gasteiger partial charge in [-0.25, -0.2) is 4.39 Å². The molecule has 0 aliphatic heterocycles. The molecular formula is C14H10F2N4O3S. The maximum Gasteiger partial charge on any atom is 0.305 e.